The van der Waals surface area contributed by atoms with Crippen molar-refractivity contribution in [2.45, 2.75) is 43.4 Å². The summed E-state index contributed by atoms with van der Waals surface area (Å²) in [4.78, 5) is 14.7. The molecule has 0 bridgehead atoms. The van der Waals surface area contributed by atoms with E-state index in [0.29, 0.717) is 25.5 Å². The lowest BCUT2D eigenvalue weighted by Gasteiger charge is -2.39. The molecule has 29 heavy (non-hydrogen) atoms. The number of rotatable bonds is 4. The van der Waals surface area contributed by atoms with Gasteiger partial charge in [-0.3, -0.25) is 4.90 Å². The molecule has 0 amide bonds. The fourth-order valence-electron chi connectivity index (χ4n) is 4.72. The third-order valence-corrected chi connectivity index (χ3v) is 6.44. The number of hydrogen-bond acceptors (Lipinski definition) is 5. The normalized spacial score (nSPS) is 27.0. The first-order chi connectivity index (χ1) is 14.3. The molecule has 6 rings (SSSR count). The fraction of sp³-hybridized carbons (Fsp3) is 0.455. The summed E-state index contributed by atoms with van der Waals surface area (Å²) in [5, 5.41) is 4.69. The number of aromatic nitrogens is 3. The smallest absolute Gasteiger partial charge is 0.143 e. The molecule has 3 atom stereocenters. The lowest BCUT2D eigenvalue weighted by molar-refractivity contribution is 0.118. The summed E-state index contributed by atoms with van der Waals surface area (Å²) >= 11 is 0. The van der Waals surface area contributed by atoms with Gasteiger partial charge in [-0.25, -0.2) is 14.4 Å². The highest BCUT2D eigenvalue weighted by Gasteiger charge is 2.38. The van der Waals surface area contributed by atoms with Crippen LogP contribution < -0.4 is 10.1 Å². The highest BCUT2D eigenvalue weighted by atomic mass is 19.1. The monoisotopic (exact) mass is 393 g/mol. The Balaban J connectivity index is 1.39. The summed E-state index contributed by atoms with van der Waals surface area (Å²) in [5.41, 5.74) is 3.20. The highest BCUT2D eigenvalue weighted by Crippen LogP contribution is 2.42. The summed E-state index contributed by atoms with van der Waals surface area (Å²) in [6, 6.07) is 10.3. The van der Waals surface area contributed by atoms with E-state index < -0.39 is 6.17 Å². The molecule has 1 saturated heterocycles. The number of benzene rings is 1. The van der Waals surface area contributed by atoms with Gasteiger partial charge in [0.05, 0.1) is 17.5 Å². The summed E-state index contributed by atoms with van der Waals surface area (Å²) in [5.74, 6) is 2.33. The van der Waals surface area contributed by atoms with Crippen molar-refractivity contribution in [1.29, 1.82) is 0 Å². The Hall–Kier alpha value is -2.67. The number of para-hydroxylation sites is 1. The van der Waals surface area contributed by atoms with Gasteiger partial charge in [-0.05, 0) is 37.3 Å². The standard InChI is InChI=1S/C22H24FN5O/c23-14-7-8-28(10-14)18-11-29-19-4-2-1-3-15(19)20(18)27-22-16-9-17(13-5-6-13)26-21(16)24-12-25-22/h1-4,9,12-14,18,20H,5-8,10-11H2,(H2,24,25,26,27)/t14-,18-,20-/m0/s1. The maximum absolute atomic E-state index is 13.9. The first-order valence-corrected chi connectivity index (χ1v) is 10.5. The van der Waals surface area contributed by atoms with E-state index in [1.807, 2.05) is 18.2 Å². The lowest BCUT2D eigenvalue weighted by Crippen LogP contribution is -2.47. The Kier molecular flexibility index (Phi) is 3.97. The Bertz CT molecular complexity index is 1050. The molecule has 7 heteroatoms. The summed E-state index contributed by atoms with van der Waals surface area (Å²) in [7, 11) is 0. The Labute approximate surface area is 168 Å². The number of anilines is 1. The zero-order valence-electron chi connectivity index (χ0n) is 16.1. The summed E-state index contributed by atoms with van der Waals surface area (Å²) in [6.07, 6.45) is 3.90. The third kappa shape index (κ3) is 3.04. The second-order valence-corrected chi connectivity index (χ2v) is 8.40. The van der Waals surface area contributed by atoms with Crippen LogP contribution in [0.2, 0.25) is 0 Å². The molecule has 1 aromatic carbocycles. The molecule has 2 aromatic heterocycles. The fourth-order valence-corrected chi connectivity index (χ4v) is 4.72. The minimum absolute atomic E-state index is 0.0253. The maximum Gasteiger partial charge on any atom is 0.143 e. The number of nitrogens with one attached hydrogen (secondary N) is 2. The van der Waals surface area contributed by atoms with Crippen molar-refractivity contribution in [2.75, 3.05) is 25.0 Å². The first kappa shape index (κ1) is 17.2. The molecule has 2 N–H and O–H groups in total. The molecule has 0 unspecified atom stereocenters. The van der Waals surface area contributed by atoms with E-state index >= 15 is 0 Å². The van der Waals surface area contributed by atoms with Gasteiger partial charge in [0, 0.05) is 24.3 Å². The second-order valence-electron chi connectivity index (χ2n) is 8.40. The minimum Gasteiger partial charge on any atom is -0.491 e. The van der Waals surface area contributed by atoms with E-state index in [-0.39, 0.29) is 12.1 Å². The van der Waals surface area contributed by atoms with Crippen molar-refractivity contribution < 1.29 is 9.13 Å². The molecule has 3 aliphatic rings. The van der Waals surface area contributed by atoms with Crippen molar-refractivity contribution >= 4 is 16.9 Å². The second kappa shape index (κ2) is 6.69. The molecule has 2 aliphatic heterocycles. The van der Waals surface area contributed by atoms with Crippen LogP contribution in [0.15, 0.2) is 36.7 Å². The maximum atomic E-state index is 13.9. The number of ether oxygens (including phenoxy) is 1. The van der Waals surface area contributed by atoms with Gasteiger partial charge in [-0.2, -0.15) is 0 Å². The van der Waals surface area contributed by atoms with Crippen LogP contribution in [-0.2, 0) is 0 Å². The number of likely N-dealkylation sites (tertiary alicyclic amines) is 1. The van der Waals surface area contributed by atoms with Crippen LogP contribution in [0.25, 0.3) is 11.0 Å². The third-order valence-electron chi connectivity index (χ3n) is 6.44. The number of nitrogens with zero attached hydrogens (tertiary/aromatic N) is 3. The van der Waals surface area contributed by atoms with Gasteiger partial charge < -0.3 is 15.0 Å². The van der Waals surface area contributed by atoms with E-state index in [1.54, 1.807) is 6.33 Å². The number of alkyl halides is 1. The first-order valence-electron chi connectivity index (χ1n) is 10.5. The van der Waals surface area contributed by atoms with Gasteiger partial charge in [-0.15, -0.1) is 0 Å². The molecule has 1 saturated carbocycles. The van der Waals surface area contributed by atoms with Crippen molar-refractivity contribution in [1.82, 2.24) is 19.9 Å². The number of H-pyrrole nitrogens is 1. The zero-order valence-corrected chi connectivity index (χ0v) is 16.1. The molecule has 0 radical (unpaired) electrons. The van der Waals surface area contributed by atoms with E-state index in [4.69, 9.17) is 4.74 Å². The van der Waals surface area contributed by atoms with Crippen LogP contribution in [-0.4, -0.2) is 51.8 Å². The van der Waals surface area contributed by atoms with Gasteiger partial charge >= 0.3 is 0 Å². The zero-order chi connectivity index (χ0) is 19.4. The van der Waals surface area contributed by atoms with Crippen LogP contribution in [0.4, 0.5) is 10.2 Å². The molecule has 150 valence electrons. The molecular weight excluding hydrogens is 369 g/mol. The van der Waals surface area contributed by atoms with Crippen molar-refractivity contribution in [3.63, 3.8) is 0 Å². The molecular formula is C22H24FN5O. The largest absolute Gasteiger partial charge is 0.491 e. The van der Waals surface area contributed by atoms with Crippen molar-refractivity contribution in [3.05, 3.63) is 47.9 Å². The van der Waals surface area contributed by atoms with Gasteiger partial charge in [0.15, 0.2) is 0 Å². The van der Waals surface area contributed by atoms with Crippen molar-refractivity contribution in [3.8, 4) is 5.75 Å². The average Bonchev–Trinajstić information content (AvgIpc) is 3.35. The van der Waals surface area contributed by atoms with Crippen LogP contribution in [0.1, 0.15) is 42.5 Å². The number of hydrogen-bond donors (Lipinski definition) is 2. The van der Waals surface area contributed by atoms with E-state index in [2.05, 4.69) is 37.3 Å². The molecule has 2 fully saturated rings. The van der Waals surface area contributed by atoms with E-state index in [1.165, 1.54) is 18.5 Å². The summed E-state index contributed by atoms with van der Waals surface area (Å²) < 4.78 is 20.0. The van der Waals surface area contributed by atoms with Gasteiger partial charge in [0.25, 0.3) is 0 Å². The molecule has 4 heterocycles. The van der Waals surface area contributed by atoms with Gasteiger partial charge in [0.2, 0.25) is 0 Å². The van der Waals surface area contributed by atoms with Crippen LogP contribution in [0, 0.1) is 0 Å². The number of aromatic amines is 1. The van der Waals surface area contributed by atoms with E-state index in [9.17, 15) is 4.39 Å². The molecule has 3 aromatic rings. The lowest BCUT2D eigenvalue weighted by atomic mass is 9.95. The van der Waals surface area contributed by atoms with Gasteiger partial charge in [0.1, 0.15) is 36.3 Å². The Morgan fingerprint density at radius 2 is 2.07 bits per heavy atom. The topological polar surface area (TPSA) is 66.1 Å². The summed E-state index contributed by atoms with van der Waals surface area (Å²) in [6.45, 7) is 1.75. The SMILES string of the molecule is F[C@H]1CCN([C@H]2COc3ccccc3[C@@H]2Nc2ncnc3[nH]c(C4CC4)cc23)C1. The van der Waals surface area contributed by atoms with Crippen LogP contribution in [0.3, 0.4) is 0 Å². The van der Waals surface area contributed by atoms with Gasteiger partial charge in [-0.1, -0.05) is 18.2 Å². The molecule has 1 aliphatic carbocycles. The minimum atomic E-state index is -0.760. The predicted octanol–water partition coefficient (Wildman–Crippen LogP) is 3.79. The van der Waals surface area contributed by atoms with Crippen LogP contribution >= 0.6 is 0 Å². The Morgan fingerprint density at radius 1 is 1.17 bits per heavy atom. The molecule has 6 nitrogen and oxygen atoms in total. The number of fused-ring (bicyclic) bond motifs is 2. The predicted molar refractivity (Wildman–Crippen MR) is 109 cm³/mol. The average molecular weight is 393 g/mol. The Morgan fingerprint density at radius 3 is 2.90 bits per heavy atom. The molecule has 0 spiro atoms. The highest BCUT2D eigenvalue weighted by molar-refractivity contribution is 5.88. The quantitative estimate of drug-likeness (QED) is 0.706. The van der Waals surface area contributed by atoms with Crippen LogP contribution in [0.5, 0.6) is 5.75 Å². The van der Waals surface area contributed by atoms with E-state index in [0.717, 1.165) is 34.7 Å². The van der Waals surface area contributed by atoms with Crippen molar-refractivity contribution in [2.24, 2.45) is 0 Å². The number of halogens is 1.